The Hall–Kier alpha value is -10.1. The first-order valence-corrected chi connectivity index (χ1v) is 46.7. The number of rotatable bonds is 17. The maximum absolute atomic E-state index is 12.3. The van der Waals surface area contributed by atoms with Crippen molar-refractivity contribution in [2.24, 2.45) is 43.3 Å². The number of carbonyl (C=O) groups is 2. The molecule has 0 aliphatic heterocycles. The summed E-state index contributed by atoms with van der Waals surface area (Å²) in [6.45, 7) is 76.8. The SMILES string of the molecule is CC(C)(C)C(=O)Nc1ccccc1N.CC(C)(C)CNc1ncccn1.CC(C)(C)CSc1ccccn1.CC(C)(C)CSc1nccc(C(F)(F)F)n1.CC(C)(C)c1ccc(C(=O)Nc2ccccc2N)cc1.Cc1cc(C)nc(NCC(C)(C)C)c1.Cc1cc(C)nc(NCC(C)(C)C)n1.Cc1cc(C)nc(OCC(C)(C)C)n1.Cc1cc(C)nc(SCC(C)(C)C)n1. The Morgan fingerprint density at radius 3 is 1.22 bits per heavy atom. The van der Waals surface area contributed by atoms with Gasteiger partial charge in [-0.3, -0.25) is 9.59 Å². The quantitative estimate of drug-likeness (QED) is 0.0253. The summed E-state index contributed by atoms with van der Waals surface area (Å²) in [6, 6.07) is 41.4. The van der Waals surface area contributed by atoms with Crippen LogP contribution in [0.4, 0.5) is 53.6 Å². The lowest BCUT2D eigenvalue weighted by Crippen LogP contribution is -2.27. The van der Waals surface area contributed by atoms with Gasteiger partial charge in [0.25, 0.3) is 5.91 Å². The summed E-state index contributed by atoms with van der Waals surface area (Å²) in [6.07, 6.45) is 2.04. The lowest BCUT2D eigenvalue weighted by atomic mass is 9.87. The molecule has 714 valence electrons. The van der Waals surface area contributed by atoms with Crippen LogP contribution in [0.5, 0.6) is 6.01 Å². The largest absolute Gasteiger partial charge is 0.463 e. The third-order valence-corrected chi connectivity index (χ3v) is 20.6. The van der Waals surface area contributed by atoms with E-state index in [2.05, 4.69) is 257 Å². The van der Waals surface area contributed by atoms with Crippen molar-refractivity contribution < 1.29 is 27.5 Å². The Bertz CT molecular complexity index is 4590. The first kappa shape index (κ1) is 116. The number of para-hydroxylation sites is 4. The Kier molecular flexibility index (Phi) is 47.7. The van der Waals surface area contributed by atoms with E-state index in [9.17, 15) is 22.8 Å². The smallest absolute Gasteiger partial charge is 0.433 e. The number of thioether (sulfide) groups is 3. The van der Waals surface area contributed by atoms with E-state index < -0.39 is 17.3 Å². The average molecular weight is 1850 g/mol. The Morgan fingerprint density at radius 2 is 0.792 bits per heavy atom. The predicted octanol–water partition coefficient (Wildman–Crippen LogP) is 26.3. The van der Waals surface area contributed by atoms with Crippen molar-refractivity contribution in [1.29, 1.82) is 0 Å². The number of pyridine rings is 2. The number of benzene rings is 3. The molecule has 9 N–H and O–H groups in total. The maximum Gasteiger partial charge on any atom is 0.433 e. The highest BCUT2D eigenvalue weighted by Gasteiger charge is 2.33. The third-order valence-electron chi connectivity index (χ3n) is 16.2. The zero-order valence-corrected chi connectivity index (χ0v) is 87.0. The first-order chi connectivity index (χ1) is 59.6. The summed E-state index contributed by atoms with van der Waals surface area (Å²) >= 11 is 4.79. The monoisotopic (exact) mass is 1850 g/mol. The van der Waals surface area contributed by atoms with Crippen molar-refractivity contribution in [3.05, 3.63) is 220 Å². The highest BCUT2D eigenvalue weighted by molar-refractivity contribution is 7.99. The van der Waals surface area contributed by atoms with Crippen LogP contribution in [-0.2, 0) is 16.4 Å². The summed E-state index contributed by atoms with van der Waals surface area (Å²) in [5.41, 5.74) is 24.6. The van der Waals surface area contributed by atoms with Crippen LogP contribution in [-0.4, -0.2) is 115 Å². The fourth-order valence-corrected chi connectivity index (χ4v) is 12.4. The summed E-state index contributed by atoms with van der Waals surface area (Å²) < 4.78 is 42.5. The van der Waals surface area contributed by atoms with Crippen LogP contribution >= 0.6 is 35.3 Å². The number of aromatic nitrogens is 12. The first-order valence-electron chi connectivity index (χ1n) is 43.8. The molecule has 22 nitrogen and oxygen atoms in total. The number of anilines is 7. The molecule has 0 saturated carbocycles. The molecule has 130 heavy (non-hydrogen) atoms. The van der Waals surface area contributed by atoms with Gasteiger partial charge in [-0.1, -0.05) is 253 Å². The molecule has 3 aromatic carbocycles. The van der Waals surface area contributed by atoms with E-state index in [-0.39, 0.29) is 44.0 Å². The minimum Gasteiger partial charge on any atom is -0.463 e. The molecule has 0 aliphatic rings. The number of nitrogens with two attached hydrogens (primary N) is 2. The summed E-state index contributed by atoms with van der Waals surface area (Å²) in [7, 11) is 0. The zero-order valence-electron chi connectivity index (χ0n) is 84.6. The molecule has 10 rings (SSSR count). The second kappa shape index (κ2) is 53.4. The highest BCUT2D eigenvalue weighted by atomic mass is 32.2. The van der Waals surface area contributed by atoms with Crippen molar-refractivity contribution >= 4 is 87.6 Å². The van der Waals surface area contributed by atoms with Crippen molar-refractivity contribution in [2.75, 3.05) is 81.6 Å². The summed E-state index contributed by atoms with van der Waals surface area (Å²) in [5.74, 6) is 5.08. The number of alkyl halides is 3. The predicted molar refractivity (Wildman–Crippen MR) is 544 cm³/mol. The van der Waals surface area contributed by atoms with E-state index in [0.717, 1.165) is 105 Å². The standard InChI is InChI=1S/C17H20N2O.C12H20N2.C11H19N3.C11H18N2O.C11H16N2O.C11H18N2S.C10H13F3N2S.C10H15NS.C9H15N3/c1-17(2,3)13-10-8-12(9-11-13)16(20)19-15-7-5-4-6-14(15)18;1-9-6-10(2)14-11(7-9)13-8-12(3,4)5;1-8-6-9(2)14-10(13-8)12-7-11(3,4)5;1-8-6-9(2)13-10(12-8)14-7-11(3,4)5;1-11(2,3)10(14)13-9-7-5-4-6-8(9)12;1-8-6-9(2)13-10(12-8)14-7-11(3,4)5;1-9(2,3)6-16-8-14-5-4-7(15-8)10(11,12)13;1-10(2,3)8-12-9-6-4-5-7-11-9;1-9(2,3)7-12-8-10-5-4-6-11-8/h4-11H,18H2,1-3H3,(H,19,20);6-7H,8H2,1-5H3,(H,13,14);6H,7H2,1-5H3,(H,12,13,14);6H,7H2,1-5H3;4-7H,12H2,1-3H3,(H,13,14);6H,7H2,1-5H3;4-5H,6H2,1-3H3;4-7H,8H2,1-3H3;4-6H,7H2,1-3H3,(H,10,11,12). The highest BCUT2D eigenvalue weighted by Crippen LogP contribution is 2.33. The van der Waals surface area contributed by atoms with Gasteiger partial charge in [0.05, 0.1) is 34.4 Å². The fraction of sp³-hybridized carbons (Fsp3) is 0.510. The summed E-state index contributed by atoms with van der Waals surface area (Å²) in [4.78, 5) is 73.7. The summed E-state index contributed by atoms with van der Waals surface area (Å²) in [5, 5.41) is 17.6. The molecule has 0 spiro atoms. The molecular formula is C102H154F3N19O3S3. The number of ether oxygens (including phenoxy) is 1. The molecule has 0 fully saturated rings. The van der Waals surface area contributed by atoms with E-state index in [1.54, 1.807) is 48.4 Å². The number of nitrogen functional groups attached to an aromatic ring is 2. The molecule has 7 aromatic heterocycles. The number of halogens is 3. The van der Waals surface area contributed by atoms with Gasteiger partial charge in [0.1, 0.15) is 11.5 Å². The second-order valence-electron chi connectivity index (χ2n) is 42.3. The lowest BCUT2D eigenvalue weighted by molar-refractivity contribution is -0.141. The van der Waals surface area contributed by atoms with E-state index >= 15 is 0 Å². The van der Waals surface area contributed by atoms with Crippen LogP contribution in [0, 0.1) is 98.7 Å². The van der Waals surface area contributed by atoms with E-state index in [0.29, 0.717) is 68.9 Å². The van der Waals surface area contributed by atoms with Gasteiger partial charge in [-0.05, 0) is 201 Å². The maximum atomic E-state index is 12.3. The molecule has 0 aliphatic carbocycles. The van der Waals surface area contributed by atoms with Gasteiger partial charge in [0.15, 0.2) is 10.3 Å². The molecule has 7 heterocycles. The van der Waals surface area contributed by atoms with Crippen LogP contribution in [0.2, 0.25) is 0 Å². The molecule has 28 heteroatoms. The van der Waals surface area contributed by atoms with Crippen LogP contribution in [0.25, 0.3) is 0 Å². The van der Waals surface area contributed by atoms with Crippen LogP contribution in [0.15, 0.2) is 174 Å². The van der Waals surface area contributed by atoms with Crippen LogP contribution < -0.4 is 42.8 Å². The van der Waals surface area contributed by atoms with Crippen molar-refractivity contribution in [2.45, 2.75) is 269 Å². The van der Waals surface area contributed by atoms with E-state index in [4.69, 9.17) is 16.2 Å². The van der Waals surface area contributed by atoms with Crippen LogP contribution in [0.3, 0.4) is 0 Å². The molecule has 0 radical (unpaired) electrons. The van der Waals surface area contributed by atoms with Crippen LogP contribution in [0.1, 0.15) is 254 Å². The topological polar surface area (TPSA) is 310 Å². The molecule has 10 aromatic rings. The number of hydrogen-bond acceptors (Lipinski definition) is 23. The van der Waals surface area contributed by atoms with Gasteiger partial charge >= 0.3 is 12.2 Å². The molecule has 2 amide bonds. The average Bonchev–Trinajstić information content (AvgIpc) is 0.840. The molecular weight excluding hydrogens is 1690 g/mol. The number of carbonyl (C=O) groups excluding carboxylic acids is 2. The number of aryl methyl sites for hydroxylation is 8. The minimum absolute atomic E-state index is 0.0300. The Labute approximate surface area is 790 Å². The Morgan fingerprint density at radius 1 is 0.377 bits per heavy atom. The van der Waals surface area contributed by atoms with Crippen molar-refractivity contribution in [3.63, 3.8) is 0 Å². The molecule has 0 unspecified atom stereocenters. The third kappa shape index (κ3) is 57.2. The minimum atomic E-state index is -4.40. The van der Waals surface area contributed by atoms with Crippen molar-refractivity contribution in [3.8, 4) is 6.01 Å². The van der Waals surface area contributed by atoms with E-state index in [1.165, 1.54) is 22.9 Å². The van der Waals surface area contributed by atoms with Gasteiger partial charge in [0, 0.05) is 113 Å². The Balaban J connectivity index is 0.000000497. The van der Waals surface area contributed by atoms with Gasteiger partial charge < -0.3 is 42.8 Å². The fourth-order valence-electron chi connectivity index (χ4n) is 9.67. The van der Waals surface area contributed by atoms with E-state index in [1.807, 2.05) is 193 Å². The normalized spacial score (nSPS) is 11.6. The zero-order chi connectivity index (χ0) is 99.0. The lowest BCUT2D eigenvalue weighted by Gasteiger charge is -2.19. The van der Waals surface area contributed by atoms with Gasteiger partial charge in [0.2, 0.25) is 17.8 Å². The van der Waals surface area contributed by atoms with Gasteiger partial charge in [-0.15, -0.1) is 11.8 Å². The number of amides is 2. The van der Waals surface area contributed by atoms with Gasteiger partial charge in [-0.2, -0.15) is 13.2 Å². The van der Waals surface area contributed by atoms with Gasteiger partial charge in [-0.25, -0.2) is 59.8 Å². The number of hydrogen-bond donors (Lipinski definition) is 7. The molecule has 0 bridgehead atoms. The second-order valence-corrected chi connectivity index (χ2v) is 45.2. The number of nitrogens with zero attached hydrogens (tertiary/aromatic N) is 12. The van der Waals surface area contributed by atoms with Crippen molar-refractivity contribution in [1.82, 2.24) is 59.8 Å². The number of nitrogens with one attached hydrogen (secondary N) is 5. The molecule has 0 saturated heterocycles. The molecule has 0 atom stereocenters.